The summed E-state index contributed by atoms with van der Waals surface area (Å²) in [4.78, 5) is 14.5. The van der Waals surface area contributed by atoms with Crippen molar-refractivity contribution in [1.82, 2.24) is 10.2 Å². The molecule has 0 radical (unpaired) electrons. The standard InChI is InChI=1S/C16H32N2O2/c1-6-13(4)15(16(19)20-5)17-14-8-7-10-18(11-9-14)12(2)3/h12-15,17H,6-11H2,1-5H3. The lowest BCUT2D eigenvalue weighted by Gasteiger charge is -2.28. The van der Waals surface area contributed by atoms with Crippen LogP contribution in [0.1, 0.15) is 53.4 Å². The average molecular weight is 284 g/mol. The van der Waals surface area contributed by atoms with Crippen LogP contribution in [0.15, 0.2) is 0 Å². The Bertz CT molecular complexity index is 294. The van der Waals surface area contributed by atoms with Crippen molar-refractivity contribution in [3.63, 3.8) is 0 Å². The van der Waals surface area contributed by atoms with Crippen molar-refractivity contribution in [3.05, 3.63) is 0 Å². The molecule has 0 aromatic heterocycles. The third kappa shape index (κ3) is 5.06. The second kappa shape index (κ2) is 8.63. The van der Waals surface area contributed by atoms with Gasteiger partial charge in [0, 0.05) is 12.1 Å². The van der Waals surface area contributed by atoms with Crippen LogP contribution in [0.3, 0.4) is 0 Å². The molecule has 0 aromatic carbocycles. The molecule has 0 aromatic rings. The Labute approximate surface area is 124 Å². The fourth-order valence-electron chi connectivity index (χ4n) is 2.88. The molecule has 1 fully saturated rings. The minimum absolute atomic E-state index is 0.121. The second-order valence-corrected chi connectivity index (χ2v) is 6.31. The molecule has 1 aliphatic rings. The molecule has 4 heteroatoms. The largest absolute Gasteiger partial charge is 0.468 e. The van der Waals surface area contributed by atoms with Gasteiger partial charge in [-0.2, -0.15) is 0 Å². The van der Waals surface area contributed by atoms with Gasteiger partial charge in [0.1, 0.15) is 6.04 Å². The van der Waals surface area contributed by atoms with Gasteiger partial charge in [-0.1, -0.05) is 20.3 Å². The van der Waals surface area contributed by atoms with Crippen molar-refractivity contribution in [1.29, 1.82) is 0 Å². The van der Waals surface area contributed by atoms with Crippen LogP contribution in [0.5, 0.6) is 0 Å². The van der Waals surface area contributed by atoms with Crippen LogP contribution < -0.4 is 5.32 Å². The van der Waals surface area contributed by atoms with Gasteiger partial charge in [-0.25, -0.2) is 0 Å². The van der Waals surface area contributed by atoms with Crippen LogP contribution in [0, 0.1) is 5.92 Å². The summed E-state index contributed by atoms with van der Waals surface area (Å²) in [5.74, 6) is 0.191. The van der Waals surface area contributed by atoms with Gasteiger partial charge in [0.2, 0.25) is 0 Å². The van der Waals surface area contributed by atoms with Gasteiger partial charge in [-0.15, -0.1) is 0 Å². The van der Waals surface area contributed by atoms with E-state index in [-0.39, 0.29) is 12.0 Å². The second-order valence-electron chi connectivity index (χ2n) is 6.31. The SMILES string of the molecule is CCC(C)C(NC1CCCN(C(C)C)CC1)C(=O)OC. The van der Waals surface area contributed by atoms with E-state index >= 15 is 0 Å². The lowest BCUT2D eigenvalue weighted by molar-refractivity contribution is -0.144. The smallest absolute Gasteiger partial charge is 0.323 e. The van der Waals surface area contributed by atoms with Crippen molar-refractivity contribution in [2.75, 3.05) is 20.2 Å². The molecule has 3 unspecified atom stereocenters. The first kappa shape index (κ1) is 17.4. The maximum atomic E-state index is 11.9. The predicted octanol–water partition coefficient (Wildman–Crippen LogP) is 2.43. The zero-order chi connectivity index (χ0) is 15.1. The molecule has 0 amide bonds. The minimum Gasteiger partial charge on any atom is -0.468 e. The highest BCUT2D eigenvalue weighted by Crippen LogP contribution is 2.17. The summed E-state index contributed by atoms with van der Waals surface area (Å²) in [5.41, 5.74) is 0. The van der Waals surface area contributed by atoms with Gasteiger partial charge < -0.3 is 15.0 Å². The van der Waals surface area contributed by atoms with Crippen molar-refractivity contribution in [3.8, 4) is 0 Å². The van der Waals surface area contributed by atoms with Crippen LogP contribution in [0.25, 0.3) is 0 Å². The van der Waals surface area contributed by atoms with E-state index in [9.17, 15) is 4.79 Å². The maximum absolute atomic E-state index is 11.9. The summed E-state index contributed by atoms with van der Waals surface area (Å²) in [6.07, 6.45) is 4.44. The molecular formula is C16H32N2O2. The molecular weight excluding hydrogens is 252 g/mol. The first-order valence-electron chi connectivity index (χ1n) is 8.07. The maximum Gasteiger partial charge on any atom is 0.323 e. The summed E-state index contributed by atoms with van der Waals surface area (Å²) < 4.78 is 4.96. The number of likely N-dealkylation sites (tertiary alicyclic amines) is 1. The zero-order valence-electron chi connectivity index (χ0n) is 13.8. The first-order valence-corrected chi connectivity index (χ1v) is 8.07. The van der Waals surface area contributed by atoms with E-state index in [1.165, 1.54) is 20.1 Å². The number of esters is 1. The molecule has 0 bridgehead atoms. The number of hydrogen-bond donors (Lipinski definition) is 1. The van der Waals surface area contributed by atoms with Gasteiger partial charge in [0.25, 0.3) is 0 Å². The van der Waals surface area contributed by atoms with Crippen molar-refractivity contribution >= 4 is 5.97 Å². The van der Waals surface area contributed by atoms with Crippen molar-refractivity contribution < 1.29 is 9.53 Å². The molecule has 20 heavy (non-hydrogen) atoms. The van der Waals surface area contributed by atoms with Crippen molar-refractivity contribution in [2.24, 2.45) is 5.92 Å². The van der Waals surface area contributed by atoms with E-state index in [0.717, 1.165) is 25.8 Å². The molecule has 1 heterocycles. The first-order chi connectivity index (χ1) is 9.49. The fourth-order valence-corrected chi connectivity index (χ4v) is 2.88. The monoisotopic (exact) mass is 284 g/mol. The highest BCUT2D eigenvalue weighted by molar-refractivity contribution is 5.76. The highest BCUT2D eigenvalue weighted by atomic mass is 16.5. The summed E-state index contributed by atoms with van der Waals surface area (Å²) in [6.45, 7) is 11.0. The minimum atomic E-state index is -0.166. The number of ether oxygens (including phenoxy) is 1. The normalized spacial score (nSPS) is 24.2. The summed E-state index contributed by atoms with van der Waals surface area (Å²) in [7, 11) is 1.48. The molecule has 0 saturated carbocycles. The van der Waals surface area contributed by atoms with E-state index < -0.39 is 0 Å². The summed E-state index contributed by atoms with van der Waals surface area (Å²) in [5, 5.41) is 3.56. The predicted molar refractivity (Wildman–Crippen MR) is 82.7 cm³/mol. The molecule has 0 spiro atoms. The number of methoxy groups -OCH3 is 1. The number of nitrogens with zero attached hydrogens (tertiary/aromatic N) is 1. The van der Waals surface area contributed by atoms with Crippen LogP contribution >= 0.6 is 0 Å². The molecule has 1 rings (SSSR count). The van der Waals surface area contributed by atoms with Gasteiger partial charge in [-0.3, -0.25) is 4.79 Å². The third-order valence-corrected chi connectivity index (χ3v) is 4.58. The third-order valence-electron chi connectivity index (χ3n) is 4.58. The van der Waals surface area contributed by atoms with Crippen LogP contribution in [-0.2, 0) is 9.53 Å². The Morgan fingerprint density at radius 3 is 2.55 bits per heavy atom. The Hall–Kier alpha value is -0.610. The van der Waals surface area contributed by atoms with Crippen molar-refractivity contribution in [2.45, 2.75) is 71.5 Å². The molecule has 1 N–H and O–H groups in total. The molecule has 1 aliphatic heterocycles. The van der Waals surface area contributed by atoms with Crippen LogP contribution in [0.2, 0.25) is 0 Å². The summed E-state index contributed by atoms with van der Waals surface area (Å²) >= 11 is 0. The molecule has 0 aliphatic carbocycles. The molecule has 4 nitrogen and oxygen atoms in total. The van der Waals surface area contributed by atoms with E-state index in [1.807, 2.05) is 0 Å². The van der Waals surface area contributed by atoms with Gasteiger partial charge >= 0.3 is 5.97 Å². The Morgan fingerprint density at radius 2 is 2.00 bits per heavy atom. The number of carbonyl (C=O) groups is 1. The Balaban J connectivity index is 2.58. The highest BCUT2D eigenvalue weighted by Gasteiger charge is 2.28. The quantitative estimate of drug-likeness (QED) is 0.761. The van der Waals surface area contributed by atoms with E-state index in [4.69, 9.17) is 4.74 Å². The van der Waals surface area contributed by atoms with Crippen LogP contribution in [0.4, 0.5) is 0 Å². The number of carbonyl (C=O) groups excluding carboxylic acids is 1. The number of nitrogens with one attached hydrogen (secondary N) is 1. The topological polar surface area (TPSA) is 41.6 Å². The fraction of sp³-hybridized carbons (Fsp3) is 0.938. The molecule has 118 valence electrons. The van der Waals surface area contributed by atoms with Gasteiger partial charge in [0.15, 0.2) is 0 Å². The van der Waals surface area contributed by atoms with E-state index in [0.29, 0.717) is 18.0 Å². The van der Waals surface area contributed by atoms with Gasteiger partial charge in [0.05, 0.1) is 7.11 Å². The molecule has 3 atom stereocenters. The Morgan fingerprint density at radius 1 is 1.30 bits per heavy atom. The zero-order valence-corrected chi connectivity index (χ0v) is 13.8. The van der Waals surface area contributed by atoms with E-state index in [2.05, 4.69) is 37.9 Å². The Kier molecular flexibility index (Phi) is 7.52. The van der Waals surface area contributed by atoms with Crippen LogP contribution in [-0.4, -0.2) is 49.2 Å². The number of hydrogen-bond acceptors (Lipinski definition) is 4. The van der Waals surface area contributed by atoms with E-state index in [1.54, 1.807) is 0 Å². The number of rotatable bonds is 6. The lowest BCUT2D eigenvalue weighted by Crippen LogP contribution is -2.48. The summed E-state index contributed by atoms with van der Waals surface area (Å²) in [6, 6.07) is 0.872. The van der Waals surface area contributed by atoms with Gasteiger partial charge in [-0.05, 0) is 52.1 Å². The lowest BCUT2D eigenvalue weighted by atomic mass is 9.97. The average Bonchev–Trinajstić information content (AvgIpc) is 2.68. The molecule has 1 saturated heterocycles.